The van der Waals surface area contributed by atoms with E-state index in [9.17, 15) is 18.0 Å². The number of sulfone groups is 1. The van der Waals surface area contributed by atoms with Crippen molar-refractivity contribution >= 4 is 21.7 Å². The van der Waals surface area contributed by atoms with Crippen LogP contribution in [0.4, 0.5) is 0 Å². The highest BCUT2D eigenvalue weighted by Gasteiger charge is 2.25. The van der Waals surface area contributed by atoms with Crippen molar-refractivity contribution in [3.63, 3.8) is 0 Å². The first-order valence-corrected chi connectivity index (χ1v) is 8.90. The smallest absolute Gasteiger partial charge is 0.303 e. The van der Waals surface area contributed by atoms with Crippen LogP contribution in [0.1, 0.15) is 25.3 Å². The van der Waals surface area contributed by atoms with Crippen LogP contribution in [0.25, 0.3) is 0 Å². The molecule has 0 saturated heterocycles. The molecule has 6 nitrogen and oxygen atoms in total. The summed E-state index contributed by atoms with van der Waals surface area (Å²) in [5.41, 5.74) is 0.949. The fourth-order valence-corrected chi connectivity index (χ4v) is 2.39. The summed E-state index contributed by atoms with van der Waals surface area (Å²) >= 11 is 0. The number of nitrogens with one attached hydrogen (secondary N) is 1. The van der Waals surface area contributed by atoms with Gasteiger partial charge in [-0.25, -0.2) is 8.42 Å². The third-order valence-corrected chi connectivity index (χ3v) is 4.89. The Hall–Kier alpha value is -1.89. The van der Waals surface area contributed by atoms with Gasteiger partial charge in [0.2, 0.25) is 5.91 Å². The number of carboxylic acids is 1. The second-order valence-corrected chi connectivity index (χ2v) is 7.67. The summed E-state index contributed by atoms with van der Waals surface area (Å²) in [7, 11) is -3.48. The van der Waals surface area contributed by atoms with Gasteiger partial charge in [0, 0.05) is 18.7 Å². The predicted molar refractivity (Wildman–Crippen MR) is 83.3 cm³/mol. The van der Waals surface area contributed by atoms with Gasteiger partial charge >= 0.3 is 5.97 Å². The SMILES string of the molecule is CC(C(=O)NC(CCC(=O)O)Cc1ccccc1)S(C)(=O)=O. The molecule has 2 atom stereocenters. The van der Waals surface area contributed by atoms with E-state index in [0.29, 0.717) is 6.42 Å². The number of hydrogen-bond donors (Lipinski definition) is 2. The van der Waals surface area contributed by atoms with Crippen molar-refractivity contribution in [1.29, 1.82) is 0 Å². The minimum absolute atomic E-state index is 0.0922. The van der Waals surface area contributed by atoms with E-state index in [4.69, 9.17) is 5.11 Å². The first-order valence-electron chi connectivity index (χ1n) is 6.95. The molecule has 0 radical (unpaired) electrons. The lowest BCUT2D eigenvalue weighted by Gasteiger charge is -2.20. The summed E-state index contributed by atoms with van der Waals surface area (Å²) in [6.45, 7) is 1.32. The van der Waals surface area contributed by atoms with Crippen LogP contribution in [-0.2, 0) is 25.8 Å². The lowest BCUT2D eigenvalue weighted by molar-refractivity contribution is -0.137. The van der Waals surface area contributed by atoms with Crippen LogP contribution >= 0.6 is 0 Å². The van der Waals surface area contributed by atoms with Gasteiger partial charge in [-0.05, 0) is 25.3 Å². The van der Waals surface area contributed by atoms with Gasteiger partial charge < -0.3 is 10.4 Å². The van der Waals surface area contributed by atoms with E-state index >= 15 is 0 Å². The molecule has 0 aliphatic rings. The van der Waals surface area contributed by atoms with Crippen molar-refractivity contribution in [2.24, 2.45) is 0 Å². The van der Waals surface area contributed by atoms with E-state index in [0.717, 1.165) is 11.8 Å². The Kier molecular flexibility index (Phi) is 6.55. The molecule has 1 aromatic rings. The Bertz CT molecular complexity index is 612. The lowest BCUT2D eigenvalue weighted by Crippen LogP contribution is -2.44. The minimum atomic E-state index is -3.48. The maximum absolute atomic E-state index is 12.0. The highest BCUT2D eigenvalue weighted by molar-refractivity contribution is 7.92. The van der Waals surface area contributed by atoms with Gasteiger partial charge in [-0.3, -0.25) is 9.59 Å². The fraction of sp³-hybridized carbons (Fsp3) is 0.467. The summed E-state index contributed by atoms with van der Waals surface area (Å²) in [5, 5.41) is 10.3. The zero-order valence-electron chi connectivity index (χ0n) is 12.7. The Morgan fingerprint density at radius 2 is 1.82 bits per heavy atom. The zero-order chi connectivity index (χ0) is 16.8. The fourth-order valence-electron chi connectivity index (χ4n) is 1.93. The number of rotatable bonds is 8. The number of amides is 1. The molecular weight excluding hydrogens is 306 g/mol. The van der Waals surface area contributed by atoms with Gasteiger partial charge in [0.25, 0.3) is 0 Å². The first kappa shape index (κ1) is 18.2. The van der Waals surface area contributed by atoms with Crippen LogP contribution in [0.3, 0.4) is 0 Å². The van der Waals surface area contributed by atoms with Crippen molar-refractivity contribution in [2.75, 3.05) is 6.26 Å². The molecule has 0 fully saturated rings. The van der Waals surface area contributed by atoms with Crippen molar-refractivity contribution in [1.82, 2.24) is 5.32 Å². The van der Waals surface area contributed by atoms with Gasteiger partial charge in [-0.2, -0.15) is 0 Å². The third-order valence-electron chi connectivity index (χ3n) is 3.39. The van der Waals surface area contributed by atoms with Crippen LogP contribution in [0.15, 0.2) is 30.3 Å². The molecule has 1 rings (SSSR count). The molecule has 1 aromatic carbocycles. The molecule has 0 spiro atoms. The summed E-state index contributed by atoms with van der Waals surface area (Å²) in [4.78, 5) is 22.7. The molecule has 7 heteroatoms. The van der Waals surface area contributed by atoms with E-state index in [-0.39, 0.29) is 12.8 Å². The second kappa shape index (κ2) is 7.93. The van der Waals surface area contributed by atoms with Crippen molar-refractivity contribution < 1.29 is 23.1 Å². The minimum Gasteiger partial charge on any atom is -0.481 e. The third kappa shape index (κ3) is 6.26. The Labute approximate surface area is 130 Å². The van der Waals surface area contributed by atoms with Crippen molar-refractivity contribution in [2.45, 2.75) is 37.5 Å². The van der Waals surface area contributed by atoms with Crippen LogP contribution in [-0.4, -0.2) is 42.9 Å². The van der Waals surface area contributed by atoms with Gasteiger partial charge in [-0.15, -0.1) is 0 Å². The van der Waals surface area contributed by atoms with E-state index < -0.39 is 33.0 Å². The maximum atomic E-state index is 12.0. The molecule has 0 aliphatic heterocycles. The molecule has 122 valence electrons. The molecule has 2 unspecified atom stereocenters. The Morgan fingerprint density at radius 1 is 1.23 bits per heavy atom. The topological polar surface area (TPSA) is 101 Å². The standard InChI is InChI=1S/C15H21NO5S/c1-11(22(2,20)21)15(19)16-13(8-9-14(17)18)10-12-6-4-3-5-7-12/h3-7,11,13H,8-10H2,1-2H3,(H,16,19)(H,17,18). The summed E-state index contributed by atoms with van der Waals surface area (Å²) in [6.07, 6.45) is 1.61. The van der Waals surface area contributed by atoms with E-state index in [1.165, 1.54) is 6.92 Å². The number of hydrogen-bond acceptors (Lipinski definition) is 4. The molecule has 0 aliphatic carbocycles. The summed E-state index contributed by atoms with van der Waals surface area (Å²) in [5.74, 6) is -1.56. The molecular formula is C15H21NO5S. The molecule has 22 heavy (non-hydrogen) atoms. The average Bonchev–Trinajstić information content (AvgIpc) is 2.43. The highest BCUT2D eigenvalue weighted by atomic mass is 32.2. The predicted octanol–water partition coefficient (Wildman–Crippen LogP) is 1.01. The van der Waals surface area contributed by atoms with Crippen LogP contribution < -0.4 is 5.32 Å². The molecule has 0 bridgehead atoms. The summed E-state index contributed by atoms with van der Waals surface area (Å²) < 4.78 is 22.8. The average molecular weight is 327 g/mol. The van der Waals surface area contributed by atoms with Gasteiger partial charge in [0.1, 0.15) is 5.25 Å². The lowest BCUT2D eigenvalue weighted by atomic mass is 10.0. The zero-order valence-corrected chi connectivity index (χ0v) is 13.5. The molecule has 2 N–H and O–H groups in total. The van der Waals surface area contributed by atoms with Crippen LogP contribution in [0.2, 0.25) is 0 Å². The quantitative estimate of drug-likeness (QED) is 0.742. The number of carbonyl (C=O) groups excluding carboxylic acids is 1. The molecule has 0 aromatic heterocycles. The van der Waals surface area contributed by atoms with Crippen molar-refractivity contribution in [3.05, 3.63) is 35.9 Å². The van der Waals surface area contributed by atoms with E-state index in [2.05, 4.69) is 5.32 Å². The largest absolute Gasteiger partial charge is 0.481 e. The van der Waals surface area contributed by atoms with Gasteiger partial charge in [-0.1, -0.05) is 30.3 Å². The van der Waals surface area contributed by atoms with E-state index in [1.807, 2.05) is 30.3 Å². The monoisotopic (exact) mass is 327 g/mol. The normalized spacial score (nSPS) is 14.1. The molecule has 0 heterocycles. The number of aliphatic carboxylic acids is 1. The van der Waals surface area contributed by atoms with Gasteiger partial charge in [0.05, 0.1) is 0 Å². The number of carbonyl (C=O) groups is 2. The van der Waals surface area contributed by atoms with Gasteiger partial charge in [0.15, 0.2) is 9.84 Å². The van der Waals surface area contributed by atoms with Crippen LogP contribution in [0.5, 0.6) is 0 Å². The van der Waals surface area contributed by atoms with Crippen molar-refractivity contribution in [3.8, 4) is 0 Å². The maximum Gasteiger partial charge on any atom is 0.303 e. The number of benzene rings is 1. The second-order valence-electron chi connectivity index (χ2n) is 5.30. The number of carboxylic acid groups (broad SMARTS) is 1. The highest BCUT2D eigenvalue weighted by Crippen LogP contribution is 2.09. The Balaban J connectivity index is 2.77. The molecule has 0 saturated carbocycles. The first-order chi connectivity index (χ1) is 10.2. The Morgan fingerprint density at radius 3 is 2.32 bits per heavy atom. The van der Waals surface area contributed by atoms with E-state index in [1.54, 1.807) is 0 Å². The molecule has 1 amide bonds. The van der Waals surface area contributed by atoms with Crippen LogP contribution in [0, 0.1) is 0 Å². The summed E-state index contributed by atoms with van der Waals surface area (Å²) in [6, 6.07) is 8.89.